The largest absolute Gasteiger partial charge is 0.452 e. The van der Waals surface area contributed by atoms with Crippen LogP contribution in [0.5, 0.6) is 0 Å². The van der Waals surface area contributed by atoms with Gasteiger partial charge >= 0.3 is 5.97 Å². The van der Waals surface area contributed by atoms with Crippen LogP contribution in [0, 0.1) is 11.3 Å². The summed E-state index contributed by atoms with van der Waals surface area (Å²) in [6, 6.07) is 15.4. The Hall–Kier alpha value is -3.33. The average Bonchev–Trinajstić information content (AvgIpc) is 2.60. The van der Waals surface area contributed by atoms with E-state index in [9.17, 15) is 9.59 Å². The fraction of sp³-hybridized carbons (Fsp3) is 0.167. The van der Waals surface area contributed by atoms with E-state index in [1.165, 1.54) is 0 Å². The molecule has 0 saturated heterocycles. The van der Waals surface area contributed by atoms with Crippen molar-refractivity contribution in [3.8, 4) is 6.07 Å². The van der Waals surface area contributed by atoms with Crippen molar-refractivity contribution in [3.63, 3.8) is 0 Å². The number of hydrogen-bond donors (Lipinski definition) is 1. The molecule has 24 heavy (non-hydrogen) atoms. The maximum Gasteiger partial charge on any atom is 0.338 e. The van der Waals surface area contributed by atoms with Crippen molar-refractivity contribution in [1.82, 2.24) is 0 Å². The number of anilines is 2. The van der Waals surface area contributed by atoms with Crippen molar-refractivity contribution in [2.45, 2.75) is 0 Å². The van der Waals surface area contributed by atoms with Gasteiger partial charge in [-0.05, 0) is 36.4 Å². The first kappa shape index (κ1) is 17.0. The third-order valence-electron chi connectivity index (χ3n) is 3.21. The van der Waals surface area contributed by atoms with Crippen molar-refractivity contribution >= 4 is 23.3 Å². The van der Waals surface area contributed by atoms with Gasteiger partial charge in [-0.2, -0.15) is 5.26 Å². The lowest BCUT2D eigenvalue weighted by molar-refractivity contribution is -0.119. The lowest BCUT2D eigenvalue weighted by Gasteiger charge is -2.13. The minimum atomic E-state index is -0.570. The number of rotatable bonds is 5. The van der Waals surface area contributed by atoms with E-state index >= 15 is 0 Å². The molecular formula is C18H17N3O3. The smallest absolute Gasteiger partial charge is 0.338 e. The van der Waals surface area contributed by atoms with Gasteiger partial charge in [-0.1, -0.05) is 12.1 Å². The van der Waals surface area contributed by atoms with E-state index in [0.29, 0.717) is 16.8 Å². The lowest BCUT2D eigenvalue weighted by Crippen LogP contribution is -2.21. The normalized spacial score (nSPS) is 9.71. The predicted octanol–water partition coefficient (Wildman–Crippen LogP) is 2.42. The number of carbonyl (C=O) groups is 2. The number of nitrogens with zero attached hydrogens (tertiary/aromatic N) is 2. The van der Waals surface area contributed by atoms with Crippen LogP contribution in [0.3, 0.4) is 0 Å². The van der Waals surface area contributed by atoms with Crippen LogP contribution in [0.1, 0.15) is 15.9 Å². The molecule has 0 unspecified atom stereocenters. The minimum Gasteiger partial charge on any atom is -0.452 e. The number of nitrogens with one attached hydrogen (secondary N) is 1. The summed E-state index contributed by atoms with van der Waals surface area (Å²) in [7, 11) is 3.74. The Kier molecular flexibility index (Phi) is 5.53. The molecule has 0 spiro atoms. The van der Waals surface area contributed by atoms with Gasteiger partial charge in [0.15, 0.2) is 6.61 Å². The molecule has 0 heterocycles. The molecule has 2 aromatic carbocycles. The van der Waals surface area contributed by atoms with E-state index in [2.05, 4.69) is 5.32 Å². The van der Waals surface area contributed by atoms with Crippen molar-refractivity contribution in [2.24, 2.45) is 0 Å². The molecule has 0 saturated carbocycles. The summed E-state index contributed by atoms with van der Waals surface area (Å²) in [5.74, 6) is -1.04. The van der Waals surface area contributed by atoms with E-state index in [0.717, 1.165) is 5.69 Å². The maximum atomic E-state index is 12.0. The molecule has 0 atom stereocenters. The summed E-state index contributed by atoms with van der Waals surface area (Å²) in [5, 5.41) is 11.4. The number of nitriles is 1. The Morgan fingerprint density at radius 3 is 2.62 bits per heavy atom. The number of benzene rings is 2. The summed E-state index contributed by atoms with van der Waals surface area (Å²) in [6.45, 7) is -0.401. The molecule has 2 rings (SSSR count). The fourth-order valence-electron chi connectivity index (χ4n) is 1.99. The van der Waals surface area contributed by atoms with Gasteiger partial charge in [0, 0.05) is 25.5 Å². The van der Waals surface area contributed by atoms with Crippen molar-refractivity contribution < 1.29 is 14.3 Å². The lowest BCUT2D eigenvalue weighted by atomic mass is 10.2. The quantitative estimate of drug-likeness (QED) is 0.855. The van der Waals surface area contributed by atoms with Crippen LogP contribution in [0.4, 0.5) is 11.4 Å². The van der Waals surface area contributed by atoms with Crippen LogP contribution in [0.25, 0.3) is 0 Å². The third kappa shape index (κ3) is 4.58. The van der Waals surface area contributed by atoms with E-state index in [-0.39, 0.29) is 0 Å². The Morgan fingerprint density at radius 2 is 1.92 bits per heavy atom. The Balaban J connectivity index is 1.92. The average molecular weight is 323 g/mol. The second kappa shape index (κ2) is 7.79. The molecule has 1 amide bonds. The maximum absolute atomic E-state index is 12.0. The first-order valence-electron chi connectivity index (χ1n) is 7.24. The van der Waals surface area contributed by atoms with Gasteiger partial charge in [-0.15, -0.1) is 0 Å². The summed E-state index contributed by atoms with van der Waals surface area (Å²) in [6.07, 6.45) is 0. The summed E-state index contributed by atoms with van der Waals surface area (Å²) in [5.41, 5.74) is 2.15. The fourth-order valence-corrected chi connectivity index (χ4v) is 1.99. The first-order valence-corrected chi connectivity index (χ1v) is 7.24. The zero-order chi connectivity index (χ0) is 17.5. The van der Waals surface area contributed by atoms with Crippen LogP contribution in [-0.4, -0.2) is 32.6 Å². The number of hydrogen-bond acceptors (Lipinski definition) is 5. The zero-order valence-corrected chi connectivity index (χ0v) is 13.4. The highest BCUT2D eigenvalue weighted by Gasteiger charge is 2.11. The molecular weight excluding hydrogens is 306 g/mol. The van der Waals surface area contributed by atoms with Gasteiger partial charge in [-0.3, -0.25) is 4.79 Å². The molecule has 122 valence electrons. The Labute approximate surface area is 140 Å². The molecule has 6 nitrogen and oxygen atoms in total. The predicted molar refractivity (Wildman–Crippen MR) is 90.8 cm³/mol. The van der Waals surface area contributed by atoms with Gasteiger partial charge in [0.25, 0.3) is 5.91 Å². The molecule has 1 N–H and O–H groups in total. The Bertz CT molecular complexity index is 794. The van der Waals surface area contributed by atoms with Crippen molar-refractivity contribution in [3.05, 3.63) is 59.7 Å². The summed E-state index contributed by atoms with van der Waals surface area (Å²) in [4.78, 5) is 25.7. The van der Waals surface area contributed by atoms with Gasteiger partial charge < -0.3 is 15.0 Å². The van der Waals surface area contributed by atoms with Crippen molar-refractivity contribution in [2.75, 3.05) is 30.9 Å². The molecule has 2 aromatic rings. The second-order valence-electron chi connectivity index (χ2n) is 5.26. The highest BCUT2D eigenvalue weighted by atomic mass is 16.5. The van der Waals surface area contributed by atoms with E-state index in [4.69, 9.17) is 10.00 Å². The summed E-state index contributed by atoms with van der Waals surface area (Å²) < 4.78 is 5.02. The van der Waals surface area contributed by atoms with Crippen LogP contribution >= 0.6 is 0 Å². The molecule has 6 heteroatoms. The molecule has 0 radical (unpaired) electrons. The molecule has 0 aromatic heterocycles. The van der Waals surface area contributed by atoms with Crippen LogP contribution in [-0.2, 0) is 9.53 Å². The van der Waals surface area contributed by atoms with Crippen LogP contribution in [0.15, 0.2) is 48.5 Å². The number of ether oxygens (including phenoxy) is 1. The minimum absolute atomic E-state index is 0.375. The number of carbonyl (C=O) groups excluding carboxylic acids is 2. The molecule has 0 aliphatic carbocycles. The van der Waals surface area contributed by atoms with Gasteiger partial charge in [-0.25, -0.2) is 4.79 Å². The third-order valence-corrected chi connectivity index (χ3v) is 3.21. The molecule has 0 aliphatic heterocycles. The summed E-state index contributed by atoms with van der Waals surface area (Å²) >= 11 is 0. The monoisotopic (exact) mass is 323 g/mol. The Morgan fingerprint density at radius 1 is 1.17 bits per heavy atom. The highest BCUT2D eigenvalue weighted by molar-refractivity contribution is 5.96. The zero-order valence-electron chi connectivity index (χ0n) is 13.4. The number of esters is 1. The first-order chi connectivity index (χ1) is 11.5. The van der Waals surface area contributed by atoms with Crippen LogP contribution in [0.2, 0.25) is 0 Å². The molecule has 0 aliphatic rings. The van der Waals surface area contributed by atoms with Gasteiger partial charge in [0.05, 0.1) is 17.2 Å². The van der Waals surface area contributed by atoms with E-state index < -0.39 is 18.5 Å². The second-order valence-corrected chi connectivity index (χ2v) is 5.26. The van der Waals surface area contributed by atoms with Gasteiger partial charge in [0.1, 0.15) is 0 Å². The van der Waals surface area contributed by atoms with E-state index in [1.54, 1.807) is 42.5 Å². The molecule has 0 bridgehead atoms. The van der Waals surface area contributed by atoms with Crippen LogP contribution < -0.4 is 10.2 Å². The van der Waals surface area contributed by atoms with Crippen molar-refractivity contribution in [1.29, 1.82) is 5.26 Å². The van der Waals surface area contributed by atoms with Gasteiger partial charge in [0.2, 0.25) is 0 Å². The highest BCUT2D eigenvalue weighted by Crippen LogP contribution is 2.14. The van der Waals surface area contributed by atoms with E-state index in [1.807, 2.05) is 31.1 Å². The standard InChI is InChI=1S/C18H17N3O3/c1-21(2)16-8-4-6-14(10-16)18(23)24-12-17(22)20-15-7-3-5-13(9-15)11-19/h3-10H,12H2,1-2H3,(H,20,22). The topological polar surface area (TPSA) is 82.4 Å². The molecule has 0 fully saturated rings. The SMILES string of the molecule is CN(C)c1cccc(C(=O)OCC(=O)Nc2cccc(C#N)c2)c1. The number of amides is 1.